The van der Waals surface area contributed by atoms with Gasteiger partial charge in [0.1, 0.15) is 6.29 Å². The highest BCUT2D eigenvalue weighted by molar-refractivity contribution is 5.50. The molecule has 0 aromatic carbocycles. The van der Waals surface area contributed by atoms with E-state index in [0.29, 0.717) is 16.7 Å². The minimum atomic E-state index is 0.380. The fourth-order valence-corrected chi connectivity index (χ4v) is 6.61. The zero-order valence-corrected chi connectivity index (χ0v) is 14.2. The SMILES string of the molecule is C[C@]12CCCCC1=CC[C@@H]1C2=CC[C@]2(C)[C@@H](CC=O)CC[C@@H]12. The quantitative estimate of drug-likeness (QED) is 0.488. The molecule has 2 saturated carbocycles. The minimum absolute atomic E-state index is 0.380. The molecule has 0 unspecified atom stereocenters. The van der Waals surface area contributed by atoms with Crippen LogP contribution in [-0.2, 0) is 4.79 Å². The van der Waals surface area contributed by atoms with Crippen molar-refractivity contribution in [1.29, 1.82) is 0 Å². The van der Waals surface area contributed by atoms with E-state index in [4.69, 9.17) is 0 Å². The first-order chi connectivity index (χ1) is 10.6. The van der Waals surface area contributed by atoms with Crippen LogP contribution < -0.4 is 0 Å². The van der Waals surface area contributed by atoms with E-state index in [2.05, 4.69) is 26.0 Å². The summed E-state index contributed by atoms with van der Waals surface area (Å²) in [6.45, 7) is 5.01. The smallest absolute Gasteiger partial charge is 0.120 e. The zero-order chi connectivity index (χ0) is 15.4. The summed E-state index contributed by atoms with van der Waals surface area (Å²) in [7, 11) is 0. The molecule has 0 aliphatic heterocycles. The predicted molar refractivity (Wildman–Crippen MR) is 90.5 cm³/mol. The van der Waals surface area contributed by atoms with Crippen molar-refractivity contribution >= 4 is 6.29 Å². The third-order valence-electron chi connectivity index (χ3n) is 7.97. The van der Waals surface area contributed by atoms with Gasteiger partial charge in [0.2, 0.25) is 0 Å². The Morgan fingerprint density at radius 2 is 2.09 bits per heavy atom. The Morgan fingerprint density at radius 1 is 1.23 bits per heavy atom. The van der Waals surface area contributed by atoms with E-state index in [0.717, 1.165) is 18.3 Å². The first-order valence-electron chi connectivity index (χ1n) is 9.43. The molecule has 5 atom stereocenters. The monoisotopic (exact) mass is 298 g/mol. The van der Waals surface area contributed by atoms with Gasteiger partial charge in [-0.2, -0.15) is 0 Å². The van der Waals surface area contributed by atoms with Crippen LogP contribution in [0.2, 0.25) is 0 Å². The third-order valence-corrected chi connectivity index (χ3v) is 7.97. The van der Waals surface area contributed by atoms with Gasteiger partial charge < -0.3 is 4.79 Å². The molecule has 0 aromatic heterocycles. The van der Waals surface area contributed by atoms with E-state index in [1.807, 2.05) is 0 Å². The molecule has 0 aromatic rings. The number of carbonyl (C=O) groups excluding carboxylic acids is 1. The number of aldehydes is 1. The van der Waals surface area contributed by atoms with Crippen molar-refractivity contribution in [3.8, 4) is 0 Å². The molecule has 0 amide bonds. The van der Waals surface area contributed by atoms with Crippen LogP contribution in [0.25, 0.3) is 0 Å². The van der Waals surface area contributed by atoms with E-state index in [-0.39, 0.29) is 0 Å². The number of rotatable bonds is 2. The summed E-state index contributed by atoms with van der Waals surface area (Å²) in [6, 6.07) is 0. The van der Waals surface area contributed by atoms with Gasteiger partial charge in [-0.3, -0.25) is 0 Å². The second kappa shape index (κ2) is 5.08. The van der Waals surface area contributed by atoms with Crippen molar-refractivity contribution in [3.05, 3.63) is 23.3 Å². The van der Waals surface area contributed by atoms with Crippen LogP contribution in [0.4, 0.5) is 0 Å². The molecule has 0 heterocycles. The fraction of sp³-hybridized carbons (Fsp3) is 0.762. The van der Waals surface area contributed by atoms with Crippen molar-refractivity contribution in [2.45, 2.75) is 71.6 Å². The summed E-state index contributed by atoms with van der Waals surface area (Å²) in [5, 5.41) is 0. The second-order valence-corrected chi connectivity index (χ2v) is 8.76. The summed E-state index contributed by atoms with van der Waals surface area (Å²) < 4.78 is 0. The molecule has 1 heteroatoms. The molecule has 0 radical (unpaired) electrons. The molecule has 4 rings (SSSR count). The van der Waals surface area contributed by atoms with E-state index in [1.165, 1.54) is 57.7 Å². The lowest BCUT2D eigenvalue weighted by Gasteiger charge is -2.53. The highest BCUT2D eigenvalue weighted by Gasteiger charge is 2.54. The van der Waals surface area contributed by atoms with E-state index in [1.54, 1.807) is 11.1 Å². The van der Waals surface area contributed by atoms with Crippen LogP contribution in [-0.4, -0.2) is 6.29 Å². The van der Waals surface area contributed by atoms with Gasteiger partial charge in [-0.05, 0) is 68.1 Å². The molecule has 120 valence electrons. The van der Waals surface area contributed by atoms with Crippen molar-refractivity contribution in [3.63, 3.8) is 0 Å². The van der Waals surface area contributed by atoms with Gasteiger partial charge in [0.15, 0.2) is 0 Å². The Kier molecular flexibility index (Phi) is 3.40. The molecule has 0 saturated heterocycles. The van der Waals surface area contributed by atoms with Crippen LogP contribution in [0.3, 0.4) is 0 Å². The van der Waals surface area contributed by atoms with Crippen molar-refractivity contribution in [1.82, 2.24) is 0 Å². The van der Waals surface area contributed by atoms with Gasteiger partial charge in [0.25, 0.3) is 0 Å². The highest BCUT2D eigenvalue weighted by atomic mass is 16.1. The normalized spacial score (nSPS) is 46.9. The van der Waals surface area contributed by atoms with Crippen molar-refractivity contribution in [2.24, 2.45) is 28.6 Å². The largest absolute Gasteiger partial charge is 0.303 e. The average molecular weight is 298 g/mol. The lowest BCUT2D eigenvalue weighted by atomic mass is 9.52. The molecule has 22 heavy (non-hydrogen) atoms. The predicted octanol–water partition coefficient (Wildman–Crippen LogP) is 5.46. The summed E-state index contributed by atoms with van der Waals surface area (Å²) in [5.41, 5.74) is 4.29. The van der Waals surface area contributed by atoms with Gasteiger partial charge in [-0.15, -0.1) is 0 Å². The van der Waals surface area contributed by atoms with Crippen molar-refractivity contribution < 1.29 is 4.79 Å². The number of hydrogen-bond donors (Lipinski definition) is 0. The standard InChI is InChI=1S/C21H30O/c1-20-12-4-3-5-15(20)6-8-17-18-9-7-16(11-14-22)21(18,2)13-10-19(17)20/h6,10,14,16-18H,3-5,7-9,11-13H2,1-2H3/t16-,17+,18+,20+,21-/m1/s1. The molecule has 0 N–H and O–H groups in total. The number of carbonyl (C=O) groups is 1. The van der Waals surface area contributed by atoms with Crippen LogP contribution in [0.5, 0.6) is 0 Å². The zero-order valence-electron chi connectivity index (χ0n) is 14.2. The number of allylic oxidation sites excluding steroid dienone is 4. The molecule has 0 spiro atoms. The number of hydrogen-bond acceptors (Lipinski definition) is 1. The average Bonchev–Trinajstić information content (AvgIpc) is 2.84. The van der Waals surface area contributed by atoms with Gasteiger partial charge in [0.05, 0.1) is 0 Å². The van der Waals surface area contributed by atoms with Gasteiger partial charge in [-0.1, -0.05) is 43.6 Å². The molecule has 2 fully saturated rings. The molecule has 0 bridgehead atoms. The van der Waals surface area contributed by atoms with E-state index >= 15 is 0 Å². The van der Waals surface area contributed by atoms with Crippen LogP contribution >= 0.6 is 0 Å². The Bertz CT molecular complexity index is 542. The summed E-state index contributed by atoms with van der Waals surface area (Å²) in [6.07, 6.45) is 17.8. The third kappa shape index (κ3) is 1.87. The minimum Gasteiger partial charge on any atom is -0.303 e. The lowest BCUT2D eigenvalue weighted by Crippen LogP contribution is -2.43. The Balaban J connectivity index is 1.70. The van der Waals surface area contributed by atoms with Crippen LogP contribution in [0.1, 0.15) is 71.6 Å². The Labute approximate surface area is 135 Å². The Hall–Kier alpha value is -0.850. The van der Waals surface area contributed by atoms with Crippen LogP contribution in [0, 0.1) is 28.6 Å². The van der Waals surface area contributed by atoms with Gasteiger partial charge in [-0.25, -0.2) is 0 Å². The van der Waals surface area contributed by atoms with E-state index in [9.17, 15) is 4.79 Å². The summed E-state index contributed by atoms with van der Waals surface area (Å²) in [4.78, 5) is 11.1. The van der Waals surface area contributed by atoms with Gasteiger partial charge >= 0.3 is 0 Å². The van der Waals surface area contributed by atoms with Gasteiger partial charge in [0, 0.05) is 11.8 Å². The number of fused-ring (bicyclic) bond motifs is 5. The van der Waals surface area contributed by atoms with Crippen LogP contribution in [0.15, 0.2) is 23.3 Å². The lowest BCUT2D eigenvalue weighted by molar-refractivity contribution is -0.109. The molecule has 4 aliphatic rings. The molecule has 1 nitrogen and oxygen atoms in total. The van der Waals surface area contributed by atoms with Crippen molar-refractivity contribution in [2.75, 3.05) is 0 Å². The maximum Gasteiger partial charge on any atom is 0.120 e. The first kappa shape index (κ1) is 14.7. The summed E-state index contributed by atoms with van der Waals surface area (Å²) in [5.74, 6) is 2.20. The first-order valence-corrected chi connectivity index (χ1v) is 9.43. The highest BCUT2D eigenvalue weighted by Crippen LogP contribution is 2.64. The molecular weight excluding hydrogens is 268 g/mol. The fourth-order valence-electron chi connectivity index (χ4n) is 6.61. The topological polar surface area (TPSA) is 17.1 Å². The summed E-state index contributed by atoms with van der Waals surface area (Å²) >= 11 is 0. The maximum atomic E-state index is 11.1. The molecule has 4 aliphatic carbocycles. The Morgan fingerprint density at radius 3 is 2.91 bits per heavy atom. The maximum absolute atomic E-state index is 11.1. The van der Waals surface area contributed by atoms with E-state index < -0.39 is 0 Å². The second-order valence-electron chi connectivity index (χ2n) is 8.76. The molecular formula is C21H30O.